The van der Waals surface area contributed by atoms with Gasteiger partial charge in [-0.1, -0.05) is 0 Å². The molecule has 0 aliphatic heterocycles. The summed E-state index contributed by atoms with van der Waals surface area (Å²) in [5.41, 5.74) is 4.93. The van der Waals surface area contributed by atoms with E-state index >= 15 is 0 Å². The average Bonchev–Trinajstić information content (AvgIpc) is 2.34. The Morgan fingerprint density at radius 2 is 2.05 bits per heavy atom. The summed E-state index contributed by atoms with van der Waals surface area (Å²) < 4.78 is 25.9. The molecule has 0 atom stereocenters. The van der Waals surface area contributed by atoms with Crippen LogP contribution in [-0.2, 0) is 10.0 Å². The quantitative estimate of drug-likeness (QED) is 0.449. The number of hydrogen-bond donors (Lipinski definition) is 2. The molecule has 0 fully saturated rings. The van der Waals surface area contributed by atoms with Crippen molar-refractivity contribution in [2.24, 2.45) is 0 Å². The molecule has 20 heavy (non-hydrogen) atoms. The lowest BCUT2D eigenvalue weighted by molar-refractivity contribution is -0.383. The van der Waals surface area contributed by atoms with Crippen molar-refractivity contribution >= 4 is 21.4 Å². The molecule has 0 radical (unpaired) electrons. The highest BCUT2D eigenvalue weighted by Crippen LogP contribution is 2.26. The zero-order valence-corrected chi connectivity index (χ0v) is 12.0. The van der Waals surface area contributed by atoms with Gasteiger partial charge in [0.25, 0.3) is 5.69 Å². The molecular formula is C11H17N3O5S. The van der Waals surface area contributed by atoms with E-state index in [1.807, 2.05) is 0 Å². The fourth-order valence-electron chi connectivity index (χ4n) is 1.75. The number of nitro groups is 1. The van der Waals surface area contributed by atoms with Gasteiger partial charge in [0.15, 0.2) is 0 Å². The number of anilines is 1. The molecular weight excluding hydrogens is 286 g/mol. The van der Waals surface area contributed by atoms with E-state index in [0.29, 0.717) is 0 Å². The van der Waals surface area contributed by atoms with Gasteiger partial charge in [-0.25, -0.2) is 8.42 Å². The fraction of sp³-hybridized carbons (Fsp3) is 0.455. The summed E-state index contributed by atoms with van der Waals surface area (Å²) in [6.45, 7) is 2.96. The van der Waals surface area contributed by atoms with Crippen molar-refractivity contribution in [1.29, 1.82) is 0 Å². The van der Waals surface area contributed by atoms with Crippen molar-refractivity contribution < 1.29 is 18.4 Å². The summed E-state index contributed by atoms with van der Waals surface area (Å²) in [5.74, 6) is 0. The van der Waals surface area contributed by atoms with Crippen molar-refractivity contribution in [2.45, 2.75) is 24.8 Å². The summed E-state index contributed by atoms with van der Waals surface area (Å²) in [6.07, 6.45) is 0. The van der Waals surface area contributed by atoms with Crippen molar-refractivity contribution in [3.05, 3.63) is 28.3 Å². The molecule has 3 N–H and O–H groups in total. The second-order valence-corrected chi connectivity index (χ2v) is 6.30. The topological polar surface area (TPSA) is 127 Å². The van der Waals surface area contributed by atoms with Crippen LogP contribution >= 0.6 is 0 Å². The van der Waals surface area contributed by atoms with E-state index < -0.39 is 14.9 Å². The number of sulfonamides is 1. The van der Waals surface area contributed by atoms with Crippen LogP contribution in [0.15, 0.2) is 23.1 Å². The first kappa shape index (κ1) is 16.3. The minimum Gasteiger partial charge on any atom is -0.395 e. The van der Waals surface area contributed by atoms with E-state index in [1.54, 1.807) is 13.8 Å². The first-order chi connectivity index (χ1) is 9.21. The van der Waals surface area contributed by atoms with Gasteiger partial charge in [0.2, 0.25) is 10.0 Å². The zero-order valence-electron chi connectivity index (χ0n) is 11.2. The second kappa shape index (κ2) is 6.16. The Morgan fingerprint density at radius 1 is 1.45 bits per heavy atom. The van der Waals surface area contributed by atoms with E-state index in [4.69, 9.17) is 10.8 Å². The van der Waals surface area contributed by atoms with Gasteiger partial charge >= 0.3 is 0 Å². The SMILES string of the molecule is CC(C)N(CCO)S(=O)(=O)c1ccc([N+](=O)[O-])c(N)c1. The van der Waals surface area contributed by atoms with Gasteiger partial charge in [-0.15, -0.1) is 0 Å². The number of benzene rings is 1. The number of aliphatic hydroxyl groups is 1. The van der Waals surface area contributed by atoms with Gasteiger partial charge in [-0.3, -0.25) is 10.1 Å². The molecule has 1 rings (SSSR count). The fourth-order valence-corrected chi connectivity index (χ4v) is 3.41. The largest absolute Gasteiger partial charge is 0.395 e. The number of nitro benzene ring substituents is 1. The first-order valence-electron chi connectivity index (χ1n) is 5.88. The molecule has 1 aromatic rings. The van der Waals surface area contributed by atoms with Gasteiger partial charge in [-0.05, 0) is 26.0 Å². The monoisotopic (exact) mass is 303 g/mol. The molecule has 0 amide bonds. The number of nitrogens with zero attached hydrogens (tertiary/aromatic N) is 2. The van der Waals surface area contributed by atoms with Crippen LogP contribution in [0, 0.1) is 10.1 Å². The Bertz CT molecular complexity index is 600. The minimum atomic E-state index is -3.86. The van der Waals surface area contributed by atoms with Gasteiger partial charge < -0.3 is 10.8 Å². The Morgan fingerprint density at radius 3 is 2.45 bits per heavy atom. The van der Waals surface area contributed by atoms with Crippen LogP contribution in [0.5, 0.6) is 0 Å². The third kappa shape index (κ3) is 3.24. The molecule has 0 bridgehead atoms. The van der Waals surface area contributed by atoms with E-state index in [9.17, 15) is 18.5 Å². The maximum atomic E-state index is 12.4. The second-order valence-electron chi connectivity index (χ2n) is 4.41. The summed E-state index contributed by atoms with van der Waals surface area (Å²) in [6, 6.07) is 2.89. The highest BCUT2D eigenvalue weighted by Gasteiger charge is 2.28. The van der Waals surface area contributed by atoms with Crippen LogP contribution in [0.3, 0.4) is 0 Å². The van der Waals surface area contributed by atoms with E-state index in [-0.39, 0.29) is 35.5 Å². The predicted octanol–water partition coefficient (Wildman–Crippen LogP) is 0.568. The van der Waals surface area contributed by atoms with Crippen molar-refractivity contribution in [3.63, 3.8) is 0 Å². The first-order valence-corrected chi connectivity index (χ1v) is 7.32. The molecule has 0 aliphatic rings. The predicted molar refractivity (Wildman–Crippen MR) is 73.6 cm³/mol. The Hall–Kier alpha value is -1.71. The molecule has 1 aromatic carbocycles. The molecule has 112 valence electrons. The van der Waals surface area contributed by atoms with Gasteiger partial charge in [0, 0.05) is 18.7 Å². The molecule has 0 saturated carbocycles. The molecule has 9 heteroatoms. The number of nitrogens with two attached hydrogens (primary N) is 1. The Labute approximate surface area is 117 Å². The highest BCUT2D eigenvalue weighted by atomic mass is 32.2. The highest BCUT2D eigenvalue weighted by molar-refractivity contribution is 7.89. The third-order valence-corrected chi connectivity index (χ3v) is 4.77. The minimum absolute atomic E-state index is 0.0586. The van der Waals surface area contributed by atoms with Gasteiger partial charge in [-0.2, -0.15) is 4.31 Å². The van der Waals surface area contributed by atoms with Crippen LogP contribution in [0.1, 0.15) is 13.8 Å². The summed E-state index contributed by atoms with van der Waals surface area (Å²) in [5, 5.41) is 19.6. The lowest BCUT2D eigenvalue weighted by atomic mass is 10.3. The smallest absolute Gasteiger partial charge is 0.292 e. The Balaban J connectivity index is 3.28. The normalized spacial score (nSPS) is 12.1. The average molecular weight is 303 g/mol. The molecule has 0 unspecified atom stereocenters. The molecule has 0 aromatic heterocycles. The van der Waals surface area contributed by atoms with Crippen LogP contribution in [-0.4, -0.2) is 41.9 Å². The molecule has 0 saturated heterocycles. The number of nitrogen functional groups attached to an aromatic ring is 1. The summed E-state index contributed by atoms with van der Waals surface area (Å²) in [4.78, 5) is 9.84. The van der Waals surface area contributed by atoms with E-state index in [2.05, 4.69) is 0 Å². The van der Waals surface area contributed by atoms with Crippen molar-refractivity contribution in [1.82, 2.24) is 4.31 Å². The van der Waals surface area contributed by atoms with Gasteiger partial charge in [0.05, 0.1) is 16.4 Å². The van der Waals surface area contributed by atoms with Gasteiger partial charge in [0.1, 0.15) is 5.69 Å². The van der Waals surface area contributed by atoms with Crippen LogP contribution in [0.4, 0.5) is 11.4 Å². The Kier molecular flexibility index (Phi) is 5.03. The van der Waals surface area contributed by atoms with E-state index in [0.717, 1.165) is 22.5 Å². The molecule has 0 spiro atoms. The maximum Gasteiger partial charge on any atom is 0.292 e. The molecule has 8 nitrogen and oxygen atoms in total. The van der Waals surface area contributed by atoms with E-state index in [1.165, 1.54) is 0 Å². The van der Waals surface area contributed by atoms with Crippen LogP contribution in [0.2, 0.25) is 0 Å². The third-order valence-electron chi connectivity index (χ3n) is 2.70. The van der Waals surface area contributed by atoms with Crippen LogP contribution < -0.4 is 5.73 Å². The van der Waals surface area contributed by atoms with Crippen LogP contribution in [0.25, 0.3) is 0 Å². The lowest BCUT2D eigenvalue weighted by Crippen LogP contribution is -2.38. The zero-order chi connectivity index (χ0) is 15.5. The number of rotatable bonds is 6. The maximum absolute atomic E-state index is 12.4. The number of hydrogen-bond acceptors (Lipinski definition) is 6. The lowest BCUT2D eigenvalue weighted by Gasteiger charge is -2.25. The number of aliphatic hydroxyl groups excluding tert-OH is 1. The summed E-state index contributed by atoms with van der Waals surface area (Å²) >= 11 is 0. The molecule has 0 heterocycles. The van der Waals surface area contributed by atoms with Crippen molar-refractivity contribution in [3.8, 4) is 0 Å². The standard InChI is InChI=1S/C11H17N3O5S/c1-8(2)13(5-6-15)20(18,19)9-3-4-11(14(16)17)10(12)7-9/h3-4,7-8,15H,5-6,12H2,1-2H3. The summed E-state index contributed by atoms with van der Waals surface area (Å²) in [7, 11) is -3.86. The van der Waals surface area contributed by atoms with Crippen molar-refractivity contribution in [2.75, 3.05) is 18.9 Å². The molecule has 0 aliphatic carbocycles.